The number of alkyl halides is 3. The van der Waals surface area contributed by atoms with Crippen molar-refractivity contribution in [3.05, 3.63) is 71.2 Å². The summed E-state index contributed by atoms with van der Waals surface area (Å²) in [6.07, 6.45) is -3.34. The first kappa shape index (κ1) is 24.3. The smallest absolute Gasteiger partial charge is 0.419 e. The summed E-state index contributed by atoms with van der Waals surface area (Å²) in [6.45, 7) is 1.81. The van der Waals surface area contributed by atoms with Gasteiger partial charge in [-0.1, -0.05) is 6.92 Å². The van der Waals surface area contributed by atoms with Crippen LogP contribution in [0.1, 0.15) is 36.0 Å². The first-order valence-electron chi connectivity index (χ1n) is 11.3. The molecule has 0 radical (unpaired) electrons. The van der Waals surface area contributed by atoms with E-state index in [2.05, 4.69) is 20.9 Å². The zero-order valence-electron chi connectivity index (χ0n) is 19.3. The number of benzene rings is 2. The molecule has 12 heteroatoms. The van der Waals surface area contributed by atoms with Crippen LogP contribution in [0.15, 0.2) is 48.7 Å². The van der Waals surface area contributed by atoms with E-state index in [0.29, 0.717) is 48.0 Å². The van der Waals surface area contributed by atoms with Crippen LogP contribution in [0, 0.1) is 5.82 Å². The molecule has 0 fully saturated rings. The highest BCUT2D eigenvalue weighted by Crippen LogP contribution is 2.41. The van der Waals surface area contributed by atoms with Crippen molar-refractivity contribution in [3.8, 4) is 17.2 Å². The molecule has 0 bridgehead atoms. The van der Waals surface area contributed by atoms with Gasteiger partial charge in [0.15, 0.2) is 6.23 Å². The van der Waals surface area contributed by atoms with E-state index in [9.17, 15) is 27.2 Å². The van der Waals surface area contributed by atoms with Crippen LogP contribution in [0.25, 0.3) is 0 Å². The molecular formula is C25H20F4N4O4. The molecule has 2 aliphatic rings. The zero-order valence-corrected chi connectivity index (χ0v) is 19.3. The van der Waals surface area contributed by atoms with Gasteiger partial charge >= 0.3 is 12.2 Å². The van der Waals surface area contributed by atoms with E-state index in [4.69, 9.17) is 9.47 Å². The number of aromatic nitrogens is 1. The van der Waals surface area contributed by atoms with Gasteiger partial charge in [0.1, 0.15) is 28.9 Å². The average molecular weight is 516 g/mol. The number of nitrogens with one attached hydrogen (secondary N) is 3. The second-order valence-electron chi connectivity index (χ2n) is 8.60. The zero-order chi connectivity index (χ0) is 26.3. The van der Waals surface area contributed by atoms with Crippen LogP contribution in [0.2, 0.25) is 0 Å². The van der Waals surface area contributed by atoms with E-state index in [1.54, 1.807) is 24.3 Å². The van der Waals surface area contributed by atoms with Gasteiger partial charge in [0.25, 0.3) is 0 Å². The fourth-order valence-corrected chi connectivity index (χ4v) is 4.21. The molecule has 192 valence electrons. The largest absolute Gasteiger partial charge is 0.470 e. The van der Waals surface area contributed by atoms with E-state index >= 15 is 0 Å². The van der Waals surface area contributed by atoms with Gasteiger partial charge in [0.05, 0.1) is 5.56 Å². The van der Waals surface area contributed by atoms with Crippen LogP contribution in [0.5, 0.6) is 17.2 Å². The lowest BCUT2D eigenvalue weighted by molar-refractivity contribution is -0.140. The highest BCUT2D eigenvalue weighted by molar-refractivity contribution is 5.93. The van der Waals surface area contributed by atoms with Gasteiger partial charge in [0, 0.05) is 35.3 Å². The second-order valence-corrected chi connectivity index (χ2v) is 8.60. The van der Waals surface area contributed by atoms with Gasteiger partial charge in [-0.3, -0.25) is 4.79 Å². The summed E-state index contributed by atoms with van der Waals surface area (Å²) < 4.78 is 64.2. The third-order valence-electron chi connectivity index (χ3n) is 6.08. The highest BCUT2D eigenvalue weighted by Gasteiger charge is 2.35. The SMILES string of the molecule is C[C@H]1c2cc(Oc3ccnc4c3CCC(=O)N4)ccc2O[C@H]1NC(=O)Nc1ccc(F)c(C(F)(F)F)c1. The van der Waals surface area contributed by atoms with Crippen molar-refractivity contribution in [3.63, 3.8) is 0 Å². The highest BCUT2D eigenvalue weighted by atomic mass is 19.4. The molecule has 5 rings (SSSR count). The Morgan fingerprint density at radius 1 is 1.16 bits per heavy atom. The lowest BCUT2D eigenvalue weighted by Gasteiger charge is -2.19. The Balaban J connectivity index is 1.26. The predicted molar refractivity (Wildman–Crippen MR) is 124 cm³/mol. The van der Waals surface area contributed by atoms with E-state index in [-0.39, 0.29) is 17.5 Å². The number of urea groups is 1. The molecule has 3 aromatic rings. The maximum Gasteiger partial charge on any atom is 0.419 e. The van der Waals surface area contributed by atoms with Crippen LogP contribution in [-0.2, 0) is 17.4 Å². The Bertz CT molecular complexity index is 1400. The van der Waals surface area contributed by atoms with Gasteiger partial charge in [-0.25, -0.2) is 14.2 Å². The topological polar surface area (TPSA) is 102 Å². The fourth-order valence-electron chi connectivity index (χ4n) is 4.21. The van der Waals surface area contributed by atoms with Crippen molar-refractivity contribution in [2.24, 2.45) is 0 Å². The van der Waals surface area contributed by atoms with E-state index in [0.717, 1.165) is 17.2 Å². The Morgan fingerprint density at radius 2 is 1.97 bits per heavy atom. The molecule has 37 heavy (non-hydrogen) atoms. The minimum absolute atomic E-state index is 0.108. The second kappa shape index (κ2) is 9.26. The number of carbonyl (C=O) groups is 2. The molecule has 0 saturated heterocycles. The van der Waals surface area contributed by atoms with Crippen molar-refractivity contribution < 1.29 is 36.6 Å². The van der Waals surface area contributed by atoms with Crippen LogP contribution in [0.4, 0.5) is 33.9 Å². The minimum Gasteiger partial charge on any atom is -0.470 e. The Kier molecular flexibility index (Phi) is 6.10. The van der Waals surface area contributed by atoms with Gasteiger partial charge < -0.3 is 25.4 Å². The van der Waals surface area contributed by atoms with E-state index < -0.39 is 29.8 Å². The normalized spacial score (nSPS) is 18.2. The number of rotatable bonds is 4. The number of pyridine rings is 1. The number of amides is 3. The predicted octanol–water partition coefficient (Wildman–Crippen LogP) is 5.56. The summed E-state index contributed by atoms with van der Waals surface area (Å²) in [7, 11) is 0. The summed E-state index contributed by atoms with van der Waals surface area (Å²) in [6, 6.07) is 8.23. The summed E-state index contributed by atoms with van der Waals surface area (Å²) in [5.74, 6) is 0.174. The van der Waals surface area contributed by atoms with Gasteiger partial charge in [0.2, 0.25) is 5.91 Å². The molecule has 0 aliphatic carbocycles. The third kappa shape index (κ3) is 4.99. The van der Waals surface area contributed by atoms with Crippen LogP contribution in [0.3, 0.4) is 0 Å². The monoisotopic (exact) mass is 516 g/mol. The molecule has 8 nitrogen and oxygen atoms in total. The Labute approximate surface area is 208 Å². The molecule has 0 spiro atoms. The Hall–Kier alpha value is -4.35. The summed E-state index contributed by atoms with van der Waals surface area (Å²) in [5.41, 5.74) is -0.159. The minimum atomic E-state index is -4.90. The van der Waals surface area contributed by atoms with Crippen LogP contribution in [-0.4, -0.2) is 23.2 Å². The van der Waals surface area contributed by atoms with Crippen molar-refractivity contribution in [1.82, 2.24) is 10.3 Å². The van der Waals surface area contributed by atoms with Gasteiger partial charge in [-0.05, 0) is 48.9 Å². The molecule has 3 heterocycles. The molecule has 1 aromatic heterocycles. The number of hydrogen-bond donors (Lipinski definition) is 3. The fraction of sp³-hybridized carbons (Fsp3) is 0.240. The summed E-state index contributed by atoms with van der Waals surface area (Å²) >= 11 is 0. The van der Waals surface area contributed by atoms with Crippen molar-refractivity contribution in [2.45, 2.75) is 38.1 Å². The molecule has 2 aliphatic heterocycles. The first-order chi connectivity index (χ1) is 17.6. The van der Waals surface area contributed by atoms with Crippen molar-refractivity contribution >= 4 is 23.4 Å². The number of carbonyl (C=O) groups excluding carboxylic acids is 2. The lowest BCUT2D eigenvalue weighted by Crippen LogP contribution is -2.42. The Morgan fingerprint density at radius 3 is 2.76 bits per heavy atom. The quantitative estimate of drug-likeness (QED) is 0.394. The maximum atomic E-state index is 13.5. The molecule has 3 amide bonds. The van der Waals surface area contributed by atoms with Crippen LogP contribution >= 0.6 is 0 Å². The number of halogens is 4. The lowest BCUT2D eigenvalue weighted by atomic mass is 10.0. The van der Waals surface area contributed by atoms with Gasteiger partial charge in [-0.15, -0.1) is 0 Å². The maximum absolute atomic E-state index is 13.5. The average Bonchev–Trinajstić information content (AvgIpc) is 3.14. The number of nitrogens with zero attached hydrogens (tertiary/aromatic N) is 1. The van der Waals surface area contributed by atoms with Crippen LogP contribution < -0.4 is 25.4 Å². The molecule has 3 N–H and O–H groups in total. The molecular weight excluding hydrogens is 496 g/mol. The third-order valence-corrected chi connectivity index (χ3v) is 6.08. The van der Waals surface area contributed by atoms with E-state index in [1.165, 1.54) is 6.20 Å². The number of ether oxygens (including phenoxy) is 2. The summed E-state index contributed by atoms with van der Waals surface area (Å²) in [4.78, 5) is 28.3. The summed E-state index contributed by atoms with van der Waals surface area (Å²) in [5, 5.41) is 7.57. The van der Waals surface area contributed by atoms with Crippen molar-refractivity contribution in [1.29, 1.82) is 0 Å². The molecule has 0 saturated carbocycles. The number of fused-ring (bicyclic) bond motifs is 2. The van der Waals surface area contributed by atoms with Crippen molar-refractivity contribution in [2.75, 3.05) is 10.6 Å². The first-order valence-corrected chi connectivity index (χ1v) is 11.3. The number of hydrogen-bond acceptors (Lipinski definition) is 5. The standard InChI is InChI=1S/C25H20F4N4O4/c1-12-16-11-14(36-20-8-9-30-22-15(20)4-7-21(34)32-22)3-6-19(16)37-23(12)33-24(35)31-13-2-5-18(26)17(10-13)25(27,28)29/h2-3,5-6,8-12,23H,4,7H2,1H3,(H,30,32,34)(H2,31,33,35)/t12-,23+/m0/s1. The van der Waals surface area contributed by atoms with Gasteiger partial charge in [-0.2, -0.15) is 13.2 Å². The molecule has 2 atom stereocenters. The molecule has 0 unspecified atom stereocenters. The molecule has 2 aromatic carbocycles. The number of anilines is 2. The van der Waals surface area contributed by atoms with E-state index in [1.807, 2.05) is 6.92 Å².